The topological polar surface area (TPSA) is 40.7 Å². The van der Waals surface area contributed by atoms with Gasteiger partial charge in [0, 0.05) is 23.8 Å². The lowest BCUT2D eigenvalue weighted by molar-refractivity contribution is 0.509. The molecule has 94 valence electrons. The Morgan fingerprint density at radius 2 is 2.06 bits per heavy atom. The third kappa shape index (κ3) is 2.41. The predicted octanol–water partition coefficient (Wildman–Crippen LogP) is 2.61. The van der Waals surface area contributed by atoms with E-state index in [1.54, 1.807) is 0 Å². The lowest BCUT2D eigenvalue weighted by atomic mass is 10.1. The van der Waals surface area contributed by atoms with Gasteiger partial charge in [-0.05, 0) is 37.1 Å². The Bertz CT molecular complexity index is 561. The molecular weight excluding hydrogens is 236 g/mol. The molecule has 1 aromatic heterocycles. The number of aromatic amines is 1. The fraction of sp³-hybridized carbons (Fsp3) is 0.308. The fourth-order valence-electron chi connectivity index (χ4n) is 1.80. The standard InChI is InChI=1S/C13H13F2N3/c14-11-4-1-8(5-12(11)15)13-6-10(17-18-13)7-16-9-2-3-9/h1,4-6,9,16H,2-3,7H2,(H,17,18). The van der Waals surface area contributed by atoms with Gasteiger partial charge in [-0.2, -0.15) is 5.10 Å². The van der Waals surface area contributed by atoms with E-state index in [1.165, 1.54) is 18.9 Å². The van der Waals surface area contributed by atoms with Gasteiger partial charge in [-0.3, -0.25) is 5.10 Å². The first-order valence-electron chi connectivity index (χ1n) is 5.95. The van der Waals surface area contributed by atoms with Crippen molar-refractivity contribution in [3.63, 3.8) is 0 Å². The van der Waals surface area contributed by atoms with E-state index in [4.69, 9.17) is 0 Å². The normalized spacial score (nSPS) is 15.0. The summed E-state index contributed by atoms with van der Waals surface area (Å²) in [4.78, 5) is 0. The maximum atomic E-state index is 13.1. The van der Waals surface area contributed by atoms with E-state index in [-0.39, 0.29) is 0 Å². The van der Waals surface area contributed by atoms with Crippen molar-refractivity contribution in [2.75, 3.05) is 0 Å². The minimum Gasteiger partial charge on any atom is -0.308 e. The number of nitrogens with one attached hydrogen (secondary N) is 2. The quantitative estimate of drug-likeness (QED) is 0.874. The molecule has 1 aliphatic carbocycles. The van der Waals surface area contributed by atoms with Crippen molar-refractivity contribution in [3.8, 4) is 11.3 Å². The van der Waals surface area contributed by atoms with Crippen LogP contribution in [0.3, 0.4) is 0 Å². The van der Waals surface area contributed by atoms with Crippen LogP contribution in [-0.2, 0) is 6.54 Å². The van der Waals surface area contributed by atoms with Gasteiger partial charge in [0.2, 0.25) is 0 Å². The molecule has 1 fully saturated rings. The summed E-state index contributed by atoms with van der Waals surface area (Å²) in [5, 5.41) is 10.3. The van der Waals surface area contributed by atoms with Crippen LogP contribution in [0.4, 0.5) is 8.78 Å². The Morgan fingerprint density at radius 3 is 2.78 bits per heavy atom. The summed E-state index contributed by atoms with van der Waals surface area (Å²) in [6.45, 7) is 0.724. The molecule has 1 saturated carbocycles. The van der Waals surface area contributed by atoms with E-state index in [2.05, 4.69) is 15.5 Å². The number of H-pyrrole nitrogens is 1. The molecule has 3 rings (SSSR count). The molecule has 0 saturated heterocycles. The minimum absolute atomic E-state index is 0.572. The number of hydrogen-bond donors (Lipinski definition) is 2. The van der Waals surface area contributed by atoms with Crippen molar-refractivity contribution in [1.82, 2.24) is 15.5 Å². The van der Waals surface area contributed by atoms with E-state index in [9.17, 15) is 8.78 Å². The molecule has 3 nitrogen and oxygen atoms in total. The molecule has 1 aliphatic rings. The number of aromatic nitrogens is 2. The predicted molar refractivity (Wildman–Crippen MR) is 63.8 cm³/mol. The zero-order valence-corrected chi connectivity index (χ0v) is 9.71. The smallest absolute Gasteiger partial charge is 0.159 e. The highest BCUT2D eigenvalue weighted by Gasteiger charge is 2.20. The summed E-state index contributed by atoms with van der Waals surface area (Å²) < 4.78 is 25.9. The van der Waals surface area contributed by atoms with Crippen LogP contribution >= 0.6 is 0 Å². The molecule has 0 atom stereocenters. The molecule has 2 N–H and O–H groups in total. The van der Waals surface area contributed by atoms with Crippen LogP contribution < -0.4 is 5.32 Å². The lowest BCUT2D eigenvalue weighted by Crippen LogP contribution is -2.15. The Balaban J connectivity index is 1.76. The van der Waals surface area contributed by atoms with Crippen LogP contribution in [0, 0.1) is 11.6 Å². The third-order valence-corrected chi connectivity index (χ3v) is 3.00. The van der Waals surface area contributed by atoms with Gasteiger partial charge in [0.05, 0.1) is 5.69 Å². The molecule has 0 aliphatic heterocycles. The first kappa shape index (κ1) is 11.3. The number of benzene rings is 1. The van der Waals surface area contributed by atoms with E-state index in [1.807, 2.05) is 6.07 Å². The van der Waals surface area contributed by atoms with Crippen molar-refractivity contribution in [1.29, 1.82) is 0 Å². The van der Waals surface area contributed by atoms with Crippen molar-refractivity contribution in [2.45, 2.75) is 25.4 Å². The van der Waals surface area contributed by atoms with E-state index >= 15 is 0 Å². The third-order valence-electron chi connectivity index (χ3n) is 3.00. The van der Waals surface area contributed by atoms with Crippen molar-refractivity contribution in [3.05, 3.63) is 41.6 Å². The Labute approximate surface area is 103 Å². The summed E-state index contributed by atoms with van der Waals surface area (Å²) in [7, 11) is 0. The number of nitrogens with zero attached hydrogens (tertiary/aromatic N) is 1. The number of rotatable bonds is 4. The molecule has 18 heavy (non-hydrogen) atoms. The van der Waals surface area contributed by atoms with Crippen LogP contribution in [0.15, 0.2) is 24.3 Å². The average molecular weight is 249 g/mol. The van der Waals surface area contributed by atoms with Gasteiger partial charge in [-0.1, -0.05) is 0 Å². The van der Waals surface area contributed by atoms with Crippen molar-refractivity contribution < 1.29 is 8.78 Å². The highest BCUT2D eigenvalue weighted by molar-refractivity contribution is 5.59. The van der Waals surface area contributed by atoms with Crippen LogP contribution in [0.2, 0.25) is 0 Å². The lowest BCUT2D eigenvalue weighted by Gasteiger charge is -1.98. The highest BCUT2D eigenvalue weighted by atomic mass is 19.2. The second-order valence-corrected chi connectivity index (χ2v) is 4.56. The number of halogens is 2. The Kier molecular flexibility index (Phi) is 2.83. The molecule has 0 spiro atoms. The Morgan fingerprint density at radius 1 is 1.22 bits per heavy atom. The molecule has 0 unspecified atom stereocenters. The zero-order valence-electron chi connectivity index (χ0n) is 9.71. The van der Waals surface area contributed by atoms with Gasteiger partial charge in [-0.15, -0.1) is 0 Å². The van der Waals surface area contributed by atoms with E-state index in [0.717, 1.165) is 24.4 Å². The summed E-state index contributed by atoms with van der Waals surface area (Å²) in [5.74, 6) is -1.70. The van der Waals surface area contributed by atoms with Gasteiger partial charge >= 0.3 is 0 Å². The SMILES string of the molecule is Fc1ccc(-c2cc(CNC3CC3)[nH]n2)cc1F. The van der Waals surface area contributed by atoms with E-state index in [0.29, 0.717) is 17.3 Å². The second kappa shape index (κ2) is 4.49. The molecule has 1 aromatic carbocycles. The minimum atomic E-state index is -0.854. The number of hydrogen-bond acceptors (Lipinski definition) is 2. The monoisotopic (exact) mass is 249 g/mol. The highest BCUT2D eigenvalue weighted by Crippen LogP contribution is 2.22. The van der Waals surface area contributed by atoms with Crippen molar-refractivity contribution in [2.24, 2.45) is 0 Å². The first-order valence-corrected chi connectivity index (χ1v) is 5.95. The molecule has 2 aromatic rings. The van der Waals surface area contributed by atoms with Gasteiger partial charge in [0.25, 0.3) is 0 Å². The molecule has 0 amide bonds. The van der Waals surface area contributed by atoms with Crippen molar-refractivity contribution >= 4 is 0 Å². The van der Waals surface area contributed by atoms with Crippen LogP contribution in [-0.4, -0.2) is 16.2 Å². The van der Waals surface area contributed by atoms with Crippen LogP contribution in [0.1, 0.15) is 18.5 Å². The van der Waals surface area contributed by atoms with Gasteiger partial charge < -0.3 is 5.32 Å². The average Bonchev–Trinajstić information content (AvgIpc) is 3.08. The summed E-state index contributed by atoms with van der Waals surface area (Å²) in [5.41, 5.74) is 2.14. The second-order valence-electron chi connectivity index (χ2n) is 4.56. The molecule has 1 heterocycles. The summed E-state index contributed by atoms with van der Waals surface area (Å²) in [6.07, 6.45) is 2.45. The maximum Gasteiger partial charge on any atom is 0.159 e. The van der Waals surface area contributed by atoms with Crippen LogP contribution in [0.25, 0.3) is 11.3 Å². The fourth-order valence-corrected chi connectivity index (χ4v) is 1.80. The van der Waals surface area contributed by atoms with Gasteiger partial charge in [-0.25, -0.2) is 8.78 Å². The maximum absolute atomic E-state index is 13.1. The molecule has 0 bridgehead atoms. The summed E-state index contributed by atoms with van der Waals surface area (Å²) >= 11 is 0. The summed E-state index contributed by atoms with van der Waals surface area (Å²) in [6, 6.07) is 6.26. The van der Waals surface area contributed by atoms with E-state index < -0.39 is 11.6 Å². The van der Waals surface area contributed by atoms with Gasteiger partial charge in [0.1, 0.15) is 0 Å². The Hall–Kier alpha value is -1.75. The molecular formula is C13H13F2N3. The zero-order chi connectivity index (χ0) is 12.5. The molecule has 5 heteroatoms. The first-order chi connectivity index (χ1) is 8.72. The van der Waals surface area contributed by atoms with Crippen LogP contribution in [0.5, 0.6) is 0 Å². The molecule has 0 radical (unpaired) electrons. The largest absolute Gasteiger partial charge is 0.308 e. The van der Waals surface area contributed by atoms with Gasteiger partial charge in [0.15, 0.2) is 11.6 Å².